The number of aromatic nitrogens is 2. The number of anilines is 1. The molecule has 0 bridgehead atoms. The maximum absolute atomic E-state index is 10.6. The van der Waals surface area contributed by atoms with E-state index < -0.39 is 0 Å². The lowest BCUT2D eigenvalue weighted by Gasteiger charge is -2.13. The Labute approximate surface area is 69.8 Å². The van der Waals surface area contributed by atoms with Crippen molar-refractivity contribution >= 4 is 11.7 Å². The zero-order valence-electron chi connectivity index (χ0n) is 6.60. The van der Waals surface area contributed by atoms with Crippen LogP contribution in [0.15, 0.2) is 12.3 Å². The van der Waals surface area contributed by atoms with Gasteiger partial charge in [-0.05, 0) is 0 Å². The van der Waals surface area contributed by atoms with Gasteiger partial charge in [0.15, 0.2) is 0 Å². The van der Waals surface area contributed by atoms with E-state index in [9.17, 15) is 4.79 Å². The predicted molar refractivity (Wildman–Crippen MR) is 43.6 cm³/mol. The average Bonchev–Trinajstić information content (AvgIpc) is 2.52. The van der Waals surface area contributed by atoms with Gasteiger partial charge in [0.2, 0.25) is 5.91 Å². The Balaban J connectivity index is 2.17. The van der Waals surface area contributed by atoms with Crippen LogP contribution in [0.2, 0.25) is 0 Å². The SMILES string of the molecule is NC(=O)CN1CCn2nccc21. The van der Waals surface area contributed by atoms with E-state index in [0.29, 0.717) is 0 Å². The lowest BCUT2D eigenvalue weighted by atomic mass is 10.5. The summed E-state index contributed by atoms with van der Waals surface area (Å²) in [6.45, 7) is 1.95. The van der Waals surface area contributed by atoms with Crippen LogP contribution in [-0.4, -0.2) is 28.8 Å². The molecule has 0 saturated carbocycles. The summed E-state index contributed by atoms with van der Waals surface area (Å²) in [7, 11) is 0. The van der Waals surface area contributed by atoms with Crippen molar-refractivity contribution in [2.24, 2.45) is 5.73 Å². The number of carbonyl (C=O) groups is 1. The van der Waals surface area contributed by atoms with E-state index in [1.165, 1.54) is 0 Å². The molecule has 0 unspecified atom stereocenters. The maximum Gasteiger partial charge on any atom is 0.236 e. The van der Waals surface area contributed by atoms with Gasteiger partial charge in [-0.3, -0.25) is 4.79 Å². The fourth-order valence-corrected chi connectivity index (χ4v) is 1.44. The molecule has 2 heterocycles. The molecule has 1 amide bonds. The summed E-state index contributed by atoms with van der Waals surface area (Å²) in [6, 6.07) is 1.88. The minimum Gasteiger partial charge on any atom is -0.368 e. The number of fused-ring (bicyclic) bond motifs is 1. The summed E-state index contributed by atoms with van der Waals surface area (Å²) in [5, 5.41) is 4.08. The van der Waals surface area contributed by atoms with Crippen molar-refractivity contribution in [2.45, 2.75) is 6.54 Å². The molecule has 12 heavy (non-hydrogen) atoms. The van der Waals surface area contributed by atoms with Gasteiger partial charge in [-0.15, -0.1) is 0 Å². The number of hydrogen-bond acceptors (Lipinski definition) is 3. The van der Waals surface area contributed by atoms with Gasteiger partial charge in [0.1, 0.15) is 5.82 Å². The average molecular weight is 166 g/mol. The number of amides is 1. The Morgan fingerprint density at radius 3 is 3.25 bits per heavy atom. The first-order chi connectivity index (χ1) is 5.77. The summed E-state index contributed by atoms with van der Waals surface area (Å²) in [6.07, 6.45) is 1.72. The van der Waals surface area contributed by atoms with Crippen LogP contribution in [0, 0.1) is 0 Å². The first kappa shape index (κ1) is 7.15. The second kappa shape index (κ2) is 2.51. The van der Waals surface area contributed by atoms with Crippen LogP contribution in [0.1, 0.15) is 0 Å². The lowest BCUT2D eigenvalue weighted by Crippen LogP contribution is -2.32. The van der Waals surface area contributed by atoms with Crippen molar-refractivity contribution in [2.75, 3.05) is 18.0 Å². The Hall–Kier alpha value is -1.52. The van der Waals surface area contributed by atoms with Gasteiger partial charge in [-0.25, -0.2) is 4.68 Å². The maximum atomic E-state index is 10.6. The van der Waals surface area contributed by atoms with E-state index in [0.717, 1.165) is 18.9 Å². The summed E-state index contributed by atoms with van der Waals surface area (Å²) < 4.78 is 1.86. The van der Waals surface area contributed by atoms with Gasteiger partial charge >= 0.3 is 0 Å². The fraction of sp³-hybridized carbons (Fsp3) is 0.429. The first-order valence-corrected chi connectivity index (χ1v) is 3.82. The second-order valence-electron chi connectivity index (χ2n) is 2.80. The first-order valence-electron chi connectivity index (χ1n) is 3.82. The van der Waals surface area contributed by atoms with Crippen LogP contribution in [-0.2, 0) is 11.3 Å². The molecule has 0 saturated heterocycles. The molecule has 2 N–H and O–H groups in total. The molecule has 1 aliphatic rings. The highest BCUT2D eigenvalue weighted by molar-refractivity contribution is 5.79. The third kappa shape index (κ3) is 1.03. The third-order valence-electron chi connectivity index (χ3n) is 1.95. The lowest BCUT2D eigenvalue weighted by molar-refractivity contribution is -0.116. The highest BCUT2D eigenvalue weighted by Crippen LogP contribution is 2.18. The van der Waals surface area contributed by atoms with Gasteiger partial charge < -0.3 is 10.6 Å². The molecule has 2 rings (SSSR count). The molecule has 1 aromatic rings. The monoisotopic (exact) mass is 166 g/mol. The quantitative estimate of drug-likeness (QED) is 0.624. The zero-order chi connectivity index (χ0) is 8.55. The normalized spacial score (nSPS) is 14.8. The molecule has 1 aliphatic heterocycles. The molecule has 5 nitrogen and oxygen atoms in total. The molecule has 1 aromatic heterocycles. The summed E-state index contributed by atoms with van der Waals surface area (Å²) in [4.78, 5) is 12.6. The van der Waals surface area contributed by atoms with Crippen LogP contribution >= 0.6 is 0 Å². The van der Waals surface area contributed by atoms with E-state index in [1.807, 2.05) is 15.6 Å². The topological polar surface area (TPSA) is 64.2 Å². The molecular weight excluding hydrogens is 156 g/mol. The molecule has 0 radical (unpaired) electrons. The smallest absolute Gasteiger partial charge is 0.236 e. The summed E-state index contributed by atoms with van der Waals surface area (Å²) in [5.74, 6) is 0.679. The zero-order valence-corrected chi connectivity index (χ0v) is 6.60. The van der Waals surface area contributed by atoms with Crippen LogP contribution in [0.4, 0.5) is 5.82 Å². The van der Waals surface area contributed by atoms with E-state index in [2.05, 4.69) is 5.10 Å². The minimum atomic E-state index is -0.301. The molecule has 64 valence electrons. The summed E-state index contributed by atoms with van der Waals surface area (Å²) >= 11 is 0. The van der Waals surface area contributed by atoms with Crippen molar-refractivity contribution in [3.8, 4) is 0 Å². The van der Waals surface area contributed by atoms with Gasteiger partial charge in [-0.1, -0.05) is 0 Å². The number of carbonyl (C=O) groups excluding carboxylic acids is 1. The number of primary amides is 1. The van der Waals surface area contributed by atoms with E-state index in [-0.39, 0.29) is 12.5 Å². The highest BCUT2D eigenvalue weighted by Gasteiger charge is 2.19. The molecule has 0 spiro atoms. The van der Waals surface area contributed by atoms with Crippen molar-refractivity contribution in [3.63, 3.8) is 0 Å². The van der Waals surface area contributed by atoms with E-state index in [1.54, 1.807) is 6.20 Å². The highest BCUT2D eigenvalue weighted by atomic mass is 16.1. The van der Waals surface area contributed by atoms with E-state index >= 15 is 0 Å². The van der Waals surface area contributed by atoms with Crippen LogP contribution in [0.25, 0.3) is 0 Å². The standard InChI is InChI=1S/C7H10N4O/c8-6(12)5-10-3-4-11-7(10)1-2-9-11/h1-2H,3-5H2,(H2,8,12). The summed E-state index contributed by atoms with van der Waals surface area (Å²) in [5.41, 5.74) is 5.09. The van der Waals surface area contributed by atoms with E-state index in [4.69, 9.17) is 5.73 Å². The minimum absolute atomic E-state index is 0.283. The van der Waals surface area contributed by atoms with Gasteiger partial charge in [0, 0.05) is 12.6 Å². The Bertz CT molecular complexity index is 306. The number of hydrogen-bond donors (Lipinski definition) is 1. The third-order valence-corrected chi connectivity index (χ3v) is 1.95. The number of rotatable bonds is 2. The molecule has 0 aliphatic carbocycles. The molecule has 0 aromatic carbocycles. The Morgan fingerprint density at radius 1 is 1.67 bits per heavy atom. The molecular formula is C7H10N4O. The second-order valence-corrected chi connectivity index (χ2v) is 2.80. The fourth-order valence-electron chi connectivity index (χ4n) is 1.44. The van der Waals surface area contributed by atoms with Crippen molar-refractivity contribution in [1.82, 2.24) is 9.78 Å². The van der Waals surface area contributed by atoms with Crippen molar-refractivity contribution < 1.29 is 4.79 Å². The van der Waals surface area contributed by atoms with Crippen LogP contribution < -0.4 is 10.6 Å². The van der Waals surface area contributed by atoms with Gasteiger partial charge in [0.05, 0.1) is 19.3 Å². The van der Waals surface area contributed by atoms with Crippen LogP contribution in [0.5, 0.6) is 0 Å². The molecule has 5 heteroatoms. The molecule has 0 fully saturated rings. The Morgan fingerprint density at radius 2 is 2.50 bits per heavy atom. The molecule has 0 atom stereocenters. The van der Waals surface area contributed by atoms with Crippen LogP contribution in [0.3, 0.4) is 0 Å². The van der Waals surface area contributed by atoms with Gasteiger partial charge in [0.25, 0.3) is 0 Å². The van der Waals surface area contributed by atoms with Crippen molar-refractivity contribution in [3.05, 3.63) is 12.3 Å². The van der Waals surface area contributed by atoms with Crippen molar-refractivity contribution in [1.29, 1.82) is 0 Å². The number of nitrogens with two attached hydrogens (primary N) is 1. The largest absolute Gasteiger partial charge is 0.368 e. The number of nitrogens with zero attached hydrogens (tertiary/aromatic N) is 3. The predicted octanol–water partition coefficient (Wildman–Crippen LogP) is -0.812. The van der Waals surface area contributed by atoms with Gasteiger partial charge in [-0.2, -0.15) is 5.10 Å². The Kier molecular flexibility index (Phi) is 1.49.